The van der Waals surface area contributed by atoms with E-state index >= 15 is 9.59 Å². The molecule has 37 nitrogen and oxygen atoms in total. The molecule has 4 aromatic carbocycles. The first kappa shape index (κ1) is 103. The number of nitrogens with two attached hydrogens (primary N) is 5. The van der Waals surface area contributed by atoms with Crippen molar-refractivity contribution in [3.63, 3.8) is 0 Å². The zero-order chi connectivity index (χ0) is 92.4. The molecule has 37 heteroatoms. The molecule has 2 aliphatic heterocycles. The summed E-state index contributed by atoms with van der Waals surface area (Å²) < 4.78 is 0. The fourth-order valence-corrected chi connectivity index (χ4v) is 15.1. The molecule has 0 spiro atoms. The van der Waals surface area contributed by atoms with Crippen LogP contribution in [0, 0.1) is 28.6 Å². The van der Waals surface area contributed by atoms with Crippen LogP contribution in [0.1, 0.15) is 167 Å². The number of carboxylic acids is 1. The molecule has 0 radical (unpaired) electrons. The summed E-state index contributed by atoms with van der Waals surface area (Å²) in [4.78, 5) is 205. The van der Waals surface area contributed by atoms with E-state index in [2.05, 4.69) is 69.1 Å². The van der Waals surface area contributed by atoms with Crippen molar-refractivity contribution in [1.82, 2.24) is 78.9 Å². The van der Waals surface area contributed by atoms with Crippen molar-refractivity contribution in [1.29, 1.82) is 10.8 Å². The predicted molar refractivity (Wildman–Crippen MR) is 476 cm³/mol. The van der Waals surface area contributed by atoms with E-state index in [-0.39, 0.29) is 128 Å². The van der Waals surface area contributed by atoms with E-state index in [9.17, 15) is 62.6 Å². The van der Waals surface area contributed by atoms with Gasteiger partial charge in [0.2, 0.25) is 76.8 Å². The highest BCUT2D eigenvalue weighted by atomic mass is 16.4. The number of carbonyl (C=O) groups excluding carboxylic acids is 13. The van der Waals surface area contributed by atoms with Crippen LogP contribution < -0.4 is 97.8 Å². The Morgan fingerprint density at radius 1 is 0.413 bits per heavy atom. The maximum absolute atomic E-state index is 15.1. The monoisotopic (exact) mass is 1750 g/mol. The van der Waals surface area contributed by atoms with E-state index < -0.39 is 180 Å². The fraction of sp³-hybridized carbons (Fsp3) is 0.551. The highest BCUT2D eigenvalue weighted by molar-refractivity contribution is 6.00. The maximum atomic E-state index is 15.1. The average Bonchev–Trinajstić information content (AvgIpc) is 1.62. The third-order valence-electron chi connectivity index (χ3n) is 22.2. The van der Waals surface area contributed by atoms with Crippen LogP contribution in [0.5, 0.6) is 0 Å². The minimum absolute atomic E-state index is 0.0275. The highest BCUT2D eigenvalue weighted by Crippen LogP contribution is 2.25. The molecule has 2 saturated heterocycles. The van der Waals surface area contributed by atoms with Gasteiger partial charge in [0.25, 0.3) is 0 Å². The first-order chi connectivity index (χ1) is 60.2. The second kappa shape index (κ2) is 53.9. The number of hydrogen-bond donors (Lipinski definition) is 21. The van der Waals surface area contributed by atoms with Crippen LogP contribution in [0.2, 0.25) is 0 Å². The number of benzene rings is 4. The average molecular weight is 1750 g/mol. The number of carboxylic acid groups (broad SMARTS) is 1. The fourth-order valence-electron chi connectivity index (χ4n) is 15.1. The standard InChI is InChI=1S/C89H134N22O15/c1-7-56(6)74(86(124)111-47-27-41-71(111)84(122)106-67(50-58-30-14-9-15-31-58)81(119)103-65(48-54(2)3)79(117)105-68(51-59-32-16-10-17-33-59)82(120)109-73(55(4)5)87(125)126)108-72(112)53-99-76(114)62(38-24-44-97-88(93)94)100-77(115)64(39-25-45-98-89(95)96)101-80(118)66(49-57-28-12-8-13-29-57)104-78(116)63(37-21-23-43-91)102-83(121)70-40-26-46-110(70)85(123)69(52-60-34-18-11-19-35-60)107-75(113)61(92)36-20-22-42-90/h8-19,28-35,54-56,61-71,73-74H,7,20-27,36-53,90-92H2,1-6H3,(H,99,114)(H,100,115)(H,101,118)(H,102,121)(H,103,119)(H,104,116)(H,105,117)(H,106,122)(H,107,113)(H,108,112)(H,109,120)(H,125,126)(H4,93,94,97)(H4,95,96,98)/t56-,61-,62-,63-,64-,65-,66-,67-,68-,69-,70-,71-,73-,74-/m0/s1. The Morgan fingerprint density at radius 2 is 0.770 bits per heavy atom. The molecule has 0 saturated carbocycles. The Morgan fingerprint density at radius 3 is 1.19 bits per heavy atom. The van der Waals surface area contributed by atoms with E-state index in [0.717, 1.165) is 5.56 Å². The Balaban J connectivity index is 1.19. The van der Waals surface area contributed by atoms with Gasteiger partial charge >= 0.3 is 5.97 Å². The van der Waals surface area contributed by atoms with E-state index in [1.807, 2.05) is 32.0 Å². The highest BCUT2D eigenvalue weighted by Gasteiger charge is 2.44. The summed E-state index contributed by atoms with van der Waals surface area (Å²) in [6.07, 6.45) is 3.69. The zero-order valence-electron chi connectivity index (χ0n) is 73.3. The van der Waals surface area contributed by atoms with Crippen LogP contribution in [-0.4, -0.2) is 234 Å². The molecule has 6 rings (SSSR count). The number of nitrogens with zero attached hydrogens (tertiary/aromatic N) is 2. The van der Waals surface area contributed by atoms with Crippen molar-refractivity contribution in [2.24, 2.45) is 46.4 Å². The predicted octanol–water partition coefficient (Wildman–Crippen LogP) is -0.152. The minimum atomic E-state index is -1.48. The van der Waals surface area contributed by atoms with Crippen molar-refractivity contribution in [3.8, 4) is 0 Å². The summed E-state index contributed by atoms with van der Waals surface area (Å²) >= 11 is 0. The normalized spacial score (nSPS) is 16.5. The minimum Gasteiger partial charge on any atom is -0.480 e. The lowest BCUT2D eigenvalue weighted by atomic mass is 9.97. The summed E-state index contributed by atoms with van der Waals surface area (Å²) in [5.41, 5.74) is 31.7. The first-order valence-corrected chi connectivity index (χ1v) is 43.8. The van der Waals surface area contributed by atoms with Gasteiger partial charge in [0, 0.05) is 51.9 Å². The molecule has 0 unspecified atom stereocenters. The molecule has 690 valence electrons. The second-order valence-corrected chi connectivity index (χ2v) is 33.1. The van der Waals surface area contributed by atoms with Gasteiger partial charge in [-0.3, -0.25) is 73.1 Å². The van der Waals surface area contributed by atoms with Gasteiger partial charge in [-0.1, -0.05) is 176 Å². The van der Waals surface area contributed by atoms with Crippen molar-refractivity contribution in [3.05, 3.63) is 144 Å². The Bertz CT molecular complexity index is 4230. The van der Waals surface area contributed by atoms with Gasteiger partial charge in [-0.05, 0) is 143 Å². The number of carbonyl (C=O) groups is 14. The van der Waals surface area contributed by atoms with E-state index in [4.69, 9.17) is 39.5 Å². The first-order valence-electron chi connectivity index (χ1n) is 43.8. The molecule has 26 N–H and O–H groups in total. The third kappa shape index (κ3) is 34.8. The third-order valence-corrected chi connectivity index (χ3v) is 22.2. The molecular weight excluding hydrogens is 1620 g/mol. The molecule has 4 aromatic rings. The van der Waals surface area contributed by atoms with Gasteiger partial charge in [-0.2, -0.15) is 0 Å². The summed E-state index contributed by atoms with van der Waals surface area (Å²) in [5, 5.41) is 61.2. The summed E-state index contributed by atoms with van der Waals surface area (Å²) in [6.45, 7) is 10.6. The molecule has 2 fully saturated rings. The second-order valence-electron chi connectivity index (χ2n) is 33.1. The zero-order valence-corrected chi connectivity index (χ0v) is 73.3. The largest absolute Gasteiger partial charge is 0.480 e. The van der Waals surface area contributed by atoms with Gasteiger partial charge in [0.15, 0.2) is 11.9 Å². The number of amides is 13. The molecule has 13 amide bonds. The van der Waals surface area contributed by atoms with Gasteiger partial charge in [-0.15, -0.1) is 0 Å². The Hall–Kier alpha value is -12.1. The smallest absolute Gasteiger partial charge is 0.326 e. The SMILES string of the molecule is CC[C@H](C)[C@H](NC(=O)CNC(=O)[C@H](CCCNC(=N)N)NC(=O)[C@H](CCCNC(=N)N)NC(=O)[C@H](Cc1ccccc1)NC(=O)[C@H](CCCCN)NC(=O)[C@@H]1CCCN1C(=O)[C@H](Cc1ccccc1)NC(=O)[C@@H](N)CCCCN)C(=O)N1CCC[C@H]1C(=O)N[C@@H](Cc1ccccc1)C(=O)N[C@@H](CC(C)C)C(=O)N[C@@H](Cc1ccccc1)C(=O)N[C@H](C(=O)O)C(C)C. The van der Waals surface area contributed by atoms with Crippen LogP contribution in [0.4, 0.5) is 0 Å². The molecular formula is C89H134N22O15. The van der Waals surface area contributed by atoms with Crippen molar-refractivity contribution >= 4 is 94.7 Å². The summed E-state index contributed by atoms with van der Waals surface area (Å²) in [5.74, 6) is -13.0. The van der Waals surface area contributed by atoms with Crippen LogP contribution in [0.3, 0.4) is 0 Å². The van der Waals surface area contributed by atoms with Gasteiger partial charge in [0.05, 0.1) is 12.6 Å². The van der Waals surface area contributed by atoms with E-state index in [0.29, 0.717) is 74.6 Å². The van der Waals surface area contributed by atoms with Crippen molar-refractivity contribution < 1.29 is 72.2 Å². The number of likely N-dealkylation sites (tertiary alicyclic amines) is 2. The molecule has 2 aliphatic rings. The van der Waals surface area contributed by atoms with Crippen LogP contribution in [0.25, 0.3) is 0 Å². The molecule has 0 bridgehead atoms. The number of aliphatic carboxylic acids is 1. The van der Waals surface area contributed by atoms with E-state index in [1.165, 1.54) is 9.80 Å². The topological polar surface area (TPSA) is 600 Å². The number of nitrogens with one attached hydrogen (secondary N) is 15. The summed E-state index contributed by atoms with van der Waals surface area (Å²) in [6, 6.07) is 18.8. The lowest BCUT2D eigenvalue weighted by molar-refractivity contribution is -0.143. The number of hydrogen-bond acceptors (Lipinski definition) is 19. The van der Waals surface area contributed by atoms with Crippen LogP contribution in [0.15, 0.2) is 121 Å². The Labute approximate surface area is 737 Å². The lowest BCUT2D eigenvalue weighted by Crippen LogP contribution is -2.60. The van der Waals surface area contributed by atoms with Gasteiger partial charge in [0.1, 0.15) is 72.5 Å². The molecule has 0 aliphatic carbocycles. The summed E-state index contributed by atoms with van der Waals surface area (Å²) in [7, 11) is 0. The van der Waals surface area contributed by atoms with Crippen molar-refractivity contribution in [2.75, 3.05) is 45.8 Å². The number of rotatable bonds is 54. The van der Waals surface area contributed by atoms with Gasteiger partial charge in [-0.25, -0.2) is 4.79 Å². The maximum Gasteiger partial charge on any atom is 0.326 e. The van der Waals surface area contributed by atoms with Crippen molar-refractivity contribution in [2.45, 2.75) is 249 Å². The molecule has 126 heavy (non-hydrogen) atoms. The van der Waals surface area contributed by atoms with Crippen LogP contribution >= 0.6 is 0 Å². The number of guanidine groups is 2. The number of unbranched alkanes of at least 4 members (excludes halogenated alkanes) is 2. The van der Waals surface area contributed by atoms with Gasteiger partial charge < -0.3 is 113 Å². The molecule has 0 aromatic heterocycles. The van der Waals surface area contributed by atoms with E-state index in [1.54, 1.807) is 131 Å². The quantitative estimate of drug-likeness (QED) is 0.0155. The lowest BCUT2D eigenvalue weighted by Gasteiger charge is -2.32. The Kier molecular flexibility index (Phi) is 43.9. The van der Waals surface area contributed by atoms with Crippen LogP contribution in [-0.2, 0) is 92.8 Å². The molecule has 2 heterocycles. The molecule has 14 atom stereocenters.